The van der Waals surface area contributed by atoms with E-state index < -0.39 is 17.8 Å². The summed E-state index contributed by atoms with van der Waals surface area (Å²) in [5.41, 5.74) is 2.67. The number of hydrogen-bond acceptors (Lipinski definition) is 5. The number of hydrogen-bond donors (Lipinski definition) is 0. The maximum atomic E-state index is 12.6. The second kappa shape index (κ2) is 7.91. The Labute approximate surface area is 178 Å². The Morgan fingerprint density at radius 3 is 2.06 bits per heavy atom. The molecule has 2 aromatic carbocycles. The average Bonchev–Trinajstić information content (AvgIpc) is 3.24. The number of rotatable bonds is 4. The number of urea groups is 1. The zero-order chi connectivity index (χ0) is 22.1. The summed E-state index contributed by atoms with van der Waals surface area (Å²) in [7, 11) is 4.28. The first-order chi connectivity index (χ1) is 14.9. The molecule has 1 aromatic heterocycles. The summed E-state index contributed by atoms with van der Waals surface area (Å²) in [6, 6.07) is 16.2. The van der Waals surface area contributed by atoms with Gasteiger partial charge in [0.05, 0.1) is 18.5 Å². The lowest BCUT2D eigenvalue weighted by atomic mass is 10.0. The first kappa shape index (κ1) is 20.1. The van der Waals surface area contributed by atoms with Crippen LogP contribution in [-0.2, 0) is 9.59 Å². The van der Waals surface area contributed by atoms with E-state index >= 15 is 0 Å². The Kier molecular flexibility index (Phi) is 5.12. The highest BCUT2D eigenvalue weighted by Gasteiger charge is 2.38. The van der Waals surface area contributed by atoms with Crippen molar-refractivity contribution in [2.45, 2.75) is 0 Å². The summed E-state index contributed by atoms with van der Waals surface area (Å²) in [5.74, 6) is -0.604. The molecule has 8 heteroatoms. The lowest BCUT2D eigenvalue weighted by molar-refractivity contribution is -0.134. The fourth-order valence-corrected chi connectivity index (χ4v) is 3.31. The number of amides is 4. The van der Waals surface area contributed by atoms with Crippen LogP contribution >= 0.6 is 0 Å². The van der Waals surface area contributed by atoms with Crippen LogP contribution in [0.1, 0.15) is 5.56 Å². The molecule has 0 aliphatic carbocycles. The molecular formula is C23H20N4O4. The van der Waals surface area contributed by atoms with Gasteiger partial charge in [0.2, 0.25) is 0 Å². The van der Waals surface area contributed by atoms with E-state index in [0.29, 0.717) is 17.0 Å². The van der Waals surface area contributed by atoms with Crippen molar-refractivity contribution in [2.75, 3.05) is 21.2 Å². The average molecular weight is 416 g/mol. The van der Waals surface area contributed by atoms with Crippen LogP contribution in [0.5, 0.6) is 5.75 Å². The minimum atomic E-state index is -0.664. The van der Waals surface area contributed by atoms with Gasteiger partial charge in [0.1, 0.15) is 11.3 Å². The number of likely N-dealkylation sites (N-methyl/N-ethyl adjacent to an activating group) is 2. The van der Waals surface area contributed by atoms with Gasteiger partial charge in [-0.25, -0.2) is 9.48 Å². The van der Waals surface area contributed by atoms with E-state index in [-0.39, 0.29) is 5.57 Å². The Balaban J connectivity index is 1.86. The predicted octanol–water partition coefficient (Wildman–Crippen LogP) is 2.98. The molecule has 31 heavy (non-hydrogen) atoms. The fraction of sp³-hybridized carbons (Fsp3) is 0.130. The number of imide groups is 2. The van der Waals surface area contributed by atoms with Gasteiger partial charge in [-0.3, -0.25) is 19.4 Å². The molecule has 0 bridgehead atoms. The van der Waals surface area contributed by atoms with Crippen molar-refractivity contribution in [2.24, 2.45) is 0 Å². The number of methoxy groups -OCH3 is 1. The van der Waals surface area contributed by atoms with Gasteiger partial charge in [-0.1, -0.05) is 18.2 Å². The molecule has 3 aromatic rings. The Hall–Kier alpha value is -4.20. The molecule has 8 nitrogen and oxygen atoms in total. The molecule has 4 amide bonds. The highest BCUT2D eigenvalue weighted by atomic mass is 16.5. The third-order valence-corrected chi connectivity index (χ3v) is 5.07. The molecule has 4 rings (SSSR count). The van der Waals surface area contributed by atoms with Crippen LogP contribution < -0.4 is 4.74 Å². The molecule has 1 fully saturated rings. The van der Waals surface area contributed by atoms with E-state index in [4.69, 9.17) is 4.74 Å². The quantitative estimate of drug-likeness (QED) is 0.482. The van der Waals surface area contributed by atoms with Crippen molar-refractivity contribution in [3.8, 4) is 22.7 Å². The summed E-state index contributed by atoms with van der Waals surface area (Å²) >= 11 is 0. The number of benzene rings is 2. The first-order valence-electron chi connectivity index (χ1n) is 9.52. The summed E-state index contributed by atoms with van der Waals surface area (Å²) in [4.78, 5) is 39.2. The monoisotopic (exact) mass is 416 g/mol. The van der Waals surface area contributed by atoms with Gasteiger partial charge in [0.15, 0.2) is 0 Å². The van der Waals surface area contributed by atoms with Crippen molar-refractivity contribution in [3.05, 3.63) is 71.9 Å². The third-order valence-electron chi connectivity index (χ3n) is 5.07. The van der Waals surface area contributed by atoms with E-state index in [1.54, 1.807) is 18.0 Å². The standard InChI is InChI=1S/C23H20N4O4/c1-25-21(28)19(22(29)26(2)23(25)30)13-16-14-27(17-7-5-4-6-8-17)24-20(16)15-9-11-18(31-3)12-10-15/h4-14H,1-3H3. The van der Waals surface area contributed by atoms with Gasteiger partial charge in [0.25, 0.3) is 11.8 Å². The number of carbonyl (C=O) groups excluding carboxylic acids is 3. The van der Waals surface area contributed by atoms with Crippen LogP contribution in [0.4, 0.5) is 4.79 Å². The predicted molar refractivity (Wildman–Crippen MR) is 114 cm³/mol. The molecule has 0 atom stereocenters. The van der Waals surface area contributed by atoms with Crippen LogP contribution in [0.15, 0.2) is 66.4 Å². The highest BCUT2D eigenvalue weighted by molar-refractivity contribution is 6.30. The van der Waals surface area contributed by atoms with Crippen molar-refractivity contribution >= 4 is 23.9 Å². The molecule has 0 spiro atoms. The molecule has 156 valence electrons. The largest absolute Gasteiger partial charge is 0.497 e. The molecule has 0 radical (unpaired) electrons. The maximum absolute atomic E-state index is 12.6. The highest BCUT2D eigenvalue weighted by Crippen LogP contribution is 2.28. The summed E-state index contributed by atoms with van der Waals surface area (Å²) in [5, 5.41) is 4.69. The zero-order valence-electron chi connectivity index (χ0n) is 17.3. The smallest absolute Gasteiger partial charge is 0.333 e. The third kappa shape index (κ3) is 3.59. The Morgan fingerprint density at radius 2 is 1.48 bits per heavy atom. The number of para-hydroxylation sites is 1. The lowest BCUT2D eigenvalue weighted by Gasteiger charge is -2.28. The molecule has 1 saturated heterocycles. The van der Waals surface area contributed by atoms with Gasteiger partial charge in [-0.15, -0.1) is 0 Å². The van der Waals surface area contributed by atoms with Gasteiger partial charge in [0, 0.05) is 31.4 Å². The van der Waals surface area contributed by atoms with Crippen molar-refractivity contribution < 1.29 is 19.1 Å². The fourth-order valence-electron chi connectivity index (χ4n) is 3.31. The maximum Gasteiger partial charge on any atom is 0.333 e. The number of ether oxygens (including phenoxy) is 1. The van der Waals surface area contributed by atoms with Gasteiger partial charge >= 0.3 is 6.03 Å². The van der Waals surface area contributed by atoms with E-state index in [1.165, 1.54) is 20.2 Å². The SMILES string of the molecule is COc1ccc(-c2nn(-c3ccccc3)cc2C=C2C(=O)N(C)C(=O)N(C)C2=O)cc1. The Bertz CT molecular complexity index is 1170. The van der Waals surface area contributed by atoms with E-state index in [2.05, 4.69) is 5.10 Å². The van der Waals surface area contributed by atoms with Crippen molar-refractivity contribution in [1.29, 1.82) is 0 Å². The van der Waals surface area contributed by atoms with Crippen LogP contribution in [0.3, 0.4) is 0 Å². The zero-order valence-corrected chi connectivity index (χ0v) is 17.3. The van der Waals surface area contributed by atoms with Crippen LogP contribution in [0.2, 0.25) is 0 Å². The molecular weight excluding hydrogens is 396 g/mol. The molecule has 0 unspecified atom stereocenters. The summed E-state index contributed by atoms with van der Waals surface area (Å²) in [6.45, 7) is 0. The number of aromatic nitrogens is 2. The second-order valence-electron chi connectivity index (χ2n) is 7.01. The normalized spacial score (nSPS) is 14.3. The molecule has 0 saturated carbocycles. The first-order valence-corrected chi connectivity index (χ1v) is 9.52. The lowest BCUT2D eigenvalue weighted by Crippen LogP contribution is -2.52. The van der Waals surface area contributed by atoms with Crippen LogP contribution in [0, 0.1) is 0 Å². The molecule has 1 aliphatic heterocycles. The minimum Gasteiger partial charge on any atom is -0.497 e. The topological polar surface area (TPSA) is 84.7 Å². The van der Waals surface area contributed by atoms with Gasteiger partial charge < -0.3 is 4.74 Å². The van der Waals surface area contributed by atoms with Crippen molar-refractivity contribution in [3.63, 3.8) is 0 Å². The summed E-state index contributed by atoms with van der Waals surface area (Å²) < 4.78 is 6.91. The summed E-state index contributed by atoms with van der Waals surface area (Å²) in [6.07, 6.45) is 3.23. The van der Waals surface area contributed by atoms with Crippen molar-refractivity contribution in [1.82, 2.24) is 19.6 Å². The van der Waals surface area contributed by atoms with Gasteiger partial charge in [-0.2, -0.15) is 5.10 Å². The van der Waals surface area contributed by atoms with Gasteiger partial charge in [-0.05, 0) is 42.5 Å². The second-order valence-corrected chi connectivity index (χ2v) is 7.01. The molecule has 1 aliphatic rings. The van der Waals surface area contributed by atoms with E-state index in [0.717, 1.165) is 21.1 Å². The van der Waals surface area contributed by atoms with Crippen LogP contribution in [-0.4, -0.2) is 58.6 Å². The van der Waals surface area contributed by atoms with Crippen LogP contribution in [0.25, 0.3) is 23.0 Å². The van der Waals surface area contributed by atoms with E-state index in [9.17, 15) is 14.4 Å². The minimum absolute atomic E-state index is 0.105. The molecule has 0 N–H and O–H groups in total. The van der Waals surface area contributed by atoms with E-state index in [1.807, 2.05) is 54.6 Å². The number of barbiturate groups is 1. The number of carbonyl (C=O) groups is 3. The number of nitrogens with zero attached hydrogens (tertiary/aromatic N) is 4. The molecule has 2 heterocycles. The Morgan fingerprint density at radius 1 is 0.871 bits per heavy atom.